The maximum absolute atomic E-state index is 9.86. The van der Waals surface area contributed by atoms with Gasteiger partial charge in [0.2, 0.25) is 0 Å². The minimum absolute atomic E-state index is 0.239. The molecule has 2 rings (SSSR count). The quantitative estimate of drug-likeness (QED) is 0.695. The van der Waals surface area contributed by atoms with Crippen LogP contribution >= 0.6 is 0 Å². The van der Waals surface area contributed by atoms with Gasteiger partial charge in [-0.05, 0) is 12.1 Å². The average molecular weight is 253 g/mol. The number of benzene rings is 1. The SMILES string of the molecule is NC[C@@H]1CO[C@H](OCc2ccccc2)[C@@H](O)[C@@H]1O. The summed E-state index contributed by atoms with van der Waals surface area (Å²) in [6.45, 7) is 0.917. The van der Waals surface area contributed by atoms with Crippen molar-refractivity contribution in [1.29, 1.82) is 0 Å². The lowest BCUT2D eigenvalue weighted by Crippen LogP contribution is -2.52. The van der Waals surface area contributed by atoms with E-state index in [1.54, 1.807) is 0 Å². The fraction of sp³-hybridized carbons (Fsp3) is 0.538. The lowest BCUT2D eigenvalue weighted by molar-refractivity contribution is -0.262. The Morgan fingerprint density at radius 1 is 1.22 bits per heavy atom. The van der Waals surface area contributed by atoms with Gasteiger partial charge in [-0.15, -0.1) is 0 Å². The van der Waals surface area contributed by atoms with Gasteiger partial charge >= 0.3 is 0 Å². The molecule has 0 bridgehead atoms. The standard InChI is InChI=1S/C13H19NO4/c14-6-10-8-18-13(12(16)11(10)15)17-7-9-4-2-1-3-5-9/h1-5,10-13,15-16H,6-8,14H2/t10-,11-,12+,13+/m1/s1. The Kier molecular flexibility index (Phi) is 4.68. The van der Waals surface area contributed by atoms with E-state index in [0.29, 0.717) is 13.2 Å². The van der Waals surface area contributed by atoms with Crippen molar-refractivity contribution in [3.05, 3.63) is 35.9 Å². The van der Waals surface area contributed by atoms with Gasteiger partial charge in [0, 0.05) is 5.92 Å². The van der Waals surface area contributed by atoms with E-state index >= 15 is 0 Å². The van der Waals surface area contributed by atoms with Gasteiger partial charge in [0.1, 0.15) is 6.10 Å². The number of hydrogen-bond donors (Lipinski definition) is 3. The van der Waals surface area contributed by atoms with Crippen LogP contribution in [0.2, 0.25) is 0 Å². The lowest BCUT2D eigenvalue weighted by Gasteiger charge is -2.36. The van der Waals surface area contributed by atoms with Gasteiger partial charge in [-0.3, -0.25) is 0 Å². The second kappa shape index (κ2) is 6.26. The smallest absolute Gasteiger partial charge is 0.186 e. The van der Waals surface area contributed by atoms with E-state index in [2.05, 4.69) is 0 Å². The van der Waals surface area contributed by atoms with Gasteiger partial charge in [-0.25, -0.2) is 0 Å². The van der Waals surface area contributed by atoms with Gasteiger partial charge in [-0.1, -0.05) is 30.3 Å². The van der Waals surface area contributed by atoms with Crippen LogP contribution in [0.25, 0.3) is 0 Å². The molecule has 0 aromatic heterocycles. The van der Waals surface area contributed by atoms with Crippen molar-refractivity contribution in [2.45, 2.75) is 25.1 Å². The second-order valence-corrected chi connectivity index (χ2v) is 4.48. The predicted octanol–water partition coefficient (Wildman–Crippen LogP) is -0.144. The molecule has 18 heavy (non-hydrogen) atoms. The molecule has 4 atom stereocenters. The van der Waals surface area contributed by atoms with Crippen LogP contribution < -0.4 is 5.73 Å². The van der Waals surface area contributed by atoms with E-state index < -0.39 is 18.5 Å². The Labute approximate surface area is 106 Å². The van der Waals surface area contributed by atoms with E-state index in [1.807, 2.05) is 30.3 Å². The van der Waals surface area contributed by atoms with Crippen molar-refractivity contribution in [2.24, 2.45) is 11.7 Å². The minimum Gasteiger partial charge on any atom is -0.390 e. The molecule has 5 heteroatoms. The molecule has 1 saturated heterocycles. The van der Waals surface area contributed by atoms with Crippen molar-refractivity contribution >= 4 is 0 Å². The zero-order chi connectivity index (χ0) is 13.0. The summed E-state index contributed by atoms with van der Waals surface area (Å²) in [6.07, 6.45) is -2.76. The Morgan fingerprint density at radius 2 is 1.94 bits per heavy atom. The highest BCUT2D eigenvalue weighted by Crippen LogP contribution is 2.21. The molecule has 1 aliphatic heterocycles. The molecule has 0 radical (unpaired) electrons. The normalized spacial score (nSPS) is 32.4. The Bertz CT molecular complexity index is 359. The summed E-state index contributed by atoms with van der Waals surface area (Å²) < 4.78 is 10.8. The average Bonchev–Trinajstić information content (AvgIpc) is 2.42. The minimum atomic E-state index is -1.06. The van der Waals surface area contributed by atoms with Crippen molar-refractivity contribution in [2.75, 3.05) is 13.2 Å². The third kappa shape index (κ3) is 3.07. The van der Waals surface area contributed by atoms with Crippen molar-refractivity contribution < 1.29 is 19.7 Å². The Balaban J connectivity index is 1.87. The molecule has 1 heterocycles. The van der Waals surface area contributed by atoms with E-state index in [-0.39, 0.29) is 12.5 Å². The van der Waals surface area contributed by atoms with Gasteiger partial charge in [0.15, 0.2) is 6.29 Å². The fourth-order valence-corrected chi connectivity index (χ4v) is 1.96. The number of hydrogen-bond acceptors (Lipinski definition) is 5. The number of rotatable bonds is 4. The number of nitrogens with two attached hydrogens (primary N) is 1. The first-order valence-electron chi connectivity index (χ1n) is 6.05. The second-order valence-electron chi connectivity index (χ2n) is 4.48. The Hall–Kier alpha value is -0.980. The first-order chi connectivity index (χ1) is 8.72. The van der Waals surface area contributed by atoms with Crippen molar-refractivity contribution in [3.63, 3.8) is 0 Å². The number of ether oxygens (including phenoxy) is 2. The first-order valence-corrected chi connectivity index (χ1v) is 6.05. The predicted molar refractivity (Wildman–Crippen MR) is 65.5 cm³/mol. The van der Waals surface area contributed by atoms with Gasteiger partial charge in [0.25, 0.3) is 0 Å². The molecule has 0 saturated carbocycles. The number of aliphatic hydroxyl groups excluding tert-OH is 2. The van der Waals surface area contributed by atoms with Gasteiger partial charge in [-0.2, -0.15) is 0 Å². The summed E-state index contributed by atoms with van der Waals surface area (Å²) in [5.41, 5.74) is 6.46. The Morgan fingerprint density at radius 3 is 2.61 bits per heavy atom. The monoisotopic (exact) mass is 253 g/mol. The maximum Gasteiger partial charge on any atom is 0.186 e. The van der Waals surface area contributed by atoms with E-state index in [4.69, 9.17) is 15.2 Å². The fourth-order valence-electron chi connectivity index (χ4n) is 1.96. The van der Waals surface area contributed by atoms with Crippen molar-refractivity contribution in [3.8, 4) is 0 Å². The summed E-state index contributed by atoms with van der Waals surface area (Å²) in [5, 5.41) is 19.7. The van der Waals surface area contributed by atoms with E-state index in [0.717, 1.165) is 5.56 Å². The largest absolute Gasteiger partial charge is 0.390 e. The third-order valence-electron chi connectivity index (χ3n) is 3.15. The topological polar surface area (TPSA) is 84.9 Å². The molecule has 0 amide bonds. The summed E-state index contributed by atoms with van der Waals surface area (Å²) in [6, 6.07) is 9.60. The summed E-state index contributed by atoms with van der Waals surface area (Å²) in [5.74, 6) is -0.239. The zero-order valence-corrected chi connectivity index (χ0v) is 10.1. The van der Waals surface area contributed by atoms with Crippen LogP contribution in [0.1, 0.15) is 5.56 Å². The van der Waals surface area contributed by atoms with Crippen LogP contribution in [-0.2, 0) is 16.1 Å². The molecular weight excluding hydrogens is 234 g/mol. The highest BCUT2D eigenvalue weighted by Gasteiger charge is 2.38. The number of aliphatic hydroxyl groups is 2. The van der Waals surface area contributed by atoms with Crippen LogP contribution in [0, 0.1) is 5.92 Å². The molecule has 1 aromatic carbocycles. The van der Waals surface area contributed by atoms with Crippen molar-refractivity contribution in [1.82, 2.24) is 0 Å². The molecule has 0 unspecified atom stereocenters. The first kappa shape index (κ1) is 13.5. The summed E-state index contributed by atoms with van der Waals surface area (Å²) in [4.78, 5) is 0. The molecular formula is C13H19NO4. The molecule has 100 valence electrons. The van der Waals surface area contributed by atoms with Crippen LogP contribution in [0.4, 0.5) is 0 Å². The van der Waals surface area contributed by atoms with Crippen LogP contribution in [0.5, 0.6) is 0 Å². The molecule has 1 aromatic rings. The lowest BCUT2D eigenvalue weighted by atomic mass is 9.96. The summed E-state index contributed by atoms with van der Waals surface area (Å²) in [7, 11) is 0. The van der Waals surface area contributed by atoms with Crippen LogP contribution in [0.15, 0.2) is 30.3 Å². The third-order valence-corrected chi connectivity index (χ3v) is 3.15. The molecule has 0 aliphatic carbocycles. The highest BCUT2D eigenvalue weighted by molar-refractivity contribution is 5.13. The van der Waals surface area contributed by atoms with Gasteiger partial charge < -0.3 is 25.4 Å². The van der Waals surface area contributed by atoms with Gasteiger partial charge in [0.05, 0.1) is 19.3 Å². The maximum atomic E-state index is 9.86. The zero-order valence-electron chi connectivity index (χ0n) is 10.1. The molecule has 1 aliphatic rings. The van der Waals surface area contributed by atoms with Crippen LogP contribution in [-0.4, -0.2) is 41.9 Å². The van der Waals surface area contributed by atoms with Crippen LogP contribution in [0.3, 0.4) is 0 Å². The van der Waals surface area contributed by atoms with E-state index in [9.17, 15) is 10.2 Å². The molecule has 1 fully saturated rings. The highest BCUT2D eigenvalue weighted by atomic mass is 16.7. The summed E-state index contributed by atoms with van der Waals surface area (Å²) >= 11 is 0. The molecule has 5 nitrogen and oxygen atoms in total. The van der Waals surface area contributed by atoms with E-state index in [1.165, 1.54) is 0 Å². The molecule has 0 spiro atoms. The molecule has 4 N–H and O–H groups in total.